The molecule has 2 bridgehead atoms. The average Bonchev–Trinajstić information content (AvgIpc) is 3.10. The minimum absolute atomic E-state index is 0.0883. The number of carbonyl (C=O) groups is 1. The van der Waals surface area contributed by atoms with Gasteiger partial charge in [0.15, 0.2) is 0 Å². The number of esters is 1. The van der Waals surface area contributed by atoms with Crippen LogP contribution in [0.4, 0.5) is 0 Å². The lowest BCUT2D eigenvalue weighted by atomic mass is 9.78. The average molecular weight is 541 g/mol. The van der Waals surface area contributed by atoms with Gasteiger partial charge in [-0.05, 0) is 83.0 Å². The summed E-state index contributed by atoms with van der Waals surface area (Å²) in [6.45, 7) is 9.27. The third-order valence-corrected chi connectivity index (χ3v) is 10.1. The Balaban J connectivity index is 1.45. The lowest BCUT2D eigenvalue weighted by Gasteiger charge is -2.42. The highest BCUT2D eigenvalue weighted by molar-refractivity contribution is 7.89. The fraction of sp³-hybridized carbons (Fsp3) is 0.581. The first-order valence-electron chi connectivity index (χ1n) is 13.9. The van der Waals surface area contributed by atoms with Crippen LogP contribution < -0.4 is 0 Å². The van der Waals surface area contributed by atoms with Crippen LogP contribution in [-0.2, 0) is 25.0 Å². The van der Waals surface area contributed by atoms with Crippen molar-refractivity contribution in [2.45, 2.75) is 94.2 Å². The molecule has 38 heavy (non-hydrogen) atoms. The van der Waals surface area contributed by atoms with Crippen molar-refractivity contribution >= 4 is 16.0 Å². The monoisotopic (exact) mass is 540 g/mol. The Morgan fingerprint density at radius 2 is 1.50 bits per heavy atom. The minimum atomic E-state index is -3.59. The summed E-state index contributed by atoms with van der Waals surface area (Å²) in [5.41, 5.74) is 0.368. The molecule has 2 heterocycles. The number of nitrogens with zero attached hydrogens (tertiary/aromatic N) is 2. The maximum Gasteiger partial charge on any atom is 0.306 e. The van der Waals surface area contributed by atoms with Gasteiger partial charge in [-0.2, -0.15) is 0 Å². The van der Waals surface area contributed by atoms with Gasteiger partial charge in [0.1, 0.15) is 5.60 Å². The molecular formula is C31H44N2O4S. The SMILES string of the molecule is CN(C[C@@](C)(CCN1C2CCC1CC(CC(=O)OC(C)(C)C)C2)c1ccccc1)S(=O)(=O)c1ccccc1. The van der Waals surface area contributed by atoms with Gasteiger partial charge >= 0.3 is 5.97 Å². The molecule has 2 aromatic carbocycles. The Morgan fingerprint density at radius 3 is 2.05 bits per heavy atom. The number of hydrogen-bond acceptors (Lipinski definition) is 5. The number of fused-ring (bicyclic) bond motifs is 2. The van der Waals surface area contributed by atoms with Gasteiger partial charge in [-0.3, -0.25) is 9.69 Å². The number of likely N-dealkylation sites (N-methyl/N-ethyl adjacent to an activating group) is 1. The second-order valence-corrected chi connectivity index (χ2v) is 14.5. The molecule has 3 atom stereocenters. The first-order valence-corrected chi connectivity index (χ1v) is 15.4. The van der Waals surface area contributed by atoms with Gasteiger partial charge in [-0.1, -0.05) is 55.5 Å². The van der Waals surface area contributed by atoms with E-state index in [-0.39, 0.29) is 11.4 Å². The van der Waals surface area contributed by atoms with Gasteiger partial charge in [0, 0.05) is 37.5 Å². The quantitative estimate of drug-likeness (QED) is 0.366. The Labute approximate surface area is 229 Å². The van der Waals surface area contributed by atoms with E-state index in [1.807, 2.05) is 45.0 Å². The van der Waals surface area contributed by atoms with Crippen LogP contribution in [0.25, 0.3) is 0 Å². The number of rotatable bonds is 10. The number of hydrogen-bond donors (Lipinski definition) is 0. The molecule has 0 amide bonds. The molecule has 0 spiro atoms. The summed E-state index contributed by atoms with van der Waals surface area (Å²) in [6, 6.07) is 19.9. The van der Waals surface area contributed by atoms with E-state index in [0.29, 0.717) is 35.9 Å². The summed E-state index contributed by atoms with van der Waals surface area (Å²) in [5, 5.41) is 0. The van der Waals surface area contributed by atoms with E-state index in [1.165, 1.54) is 17.1 Å². The van der Waals surface area contributed by atoms with Crippen molar-refractivity contribution in [1.29, 1.82) is 0 Å². The summed E-state index contributed by atoms with van der Waals surface area (Å²) in [6.07, 6.45) is 5.75. The van der Waals surface area contributed by atoms with E-state index >= 15 is 0 Å². The third kappa shape index (κ3) is 6.85. The van der Waals surface area contributed by atoms with Gasteiger partial charge in [0.05, 0.1) is 4.90 Å². The van der Waals surface area contributed by atoms with E-state index in [2.05, 4.69) is 24.0 Å². The van der Waals surface area contributed by atoms with E-state index in [1.54, 1.807) is 31.3 Å². The molecule has 2 saturated heterocycles. The molecule has 0 N–H and O–H groups in total. The zero-order valence-electron chi connectivity index (χ0n) is 23.6. The molecule has 7 heteroatoms. The zero-order chi connectivity index (χ0) is 27.6. The predicted molar refractivity (Wildman–Crippen MR) is 151 cm³/mol. The highest BCUT2D eigenvalue weighted by atomic mass is 32.2. The highest BCUT2D eigenvalue weighted by Gasteiger charge is 2.42. The van der Waals surface area contributed by atoms with Gasteiger partial charge in [-0.25, -0.2) is 12.7 Å². The molecule has 4 rings (SSSR count). The lowest BCUT2D eigenvalue weighted by Crippen LogP contribution is -2.47. The second-order valence-electron chi connectivity index (χ2n) is 12.5. The standard InChI is InChI=1S/C31H44N2O4S/c1-30(2,3)37-29(34)22-24-20-26-16-17-27(21-24)33(26)19-18-31(4,25-12-8-6-9-13-25)23-32(5)38(35,36)28-14-10-7-11-15-28/h6-15,24,26-27H,16-23H2,1-5H3/t24?,26?,27?,31-/m1/s1. The van der Waals surface area contributed by atoms with Crippen LogP contribution in [0.3, 0.4) is 0 Å². The normalized spacial score (nSPS) is 23.8. The Hall–Kier alpha value is -2.22. The third-order valence-electron chi connectivity index (χ3n) is 8.27. The van der Waals surface area contributed by atoms with Crippen molar-refractivity contribution in [3.8, 4) is 0 Å². The van der Waals surface area contributed by atoms with E-state index < -0.39 is 15.6 Å². The van der Waals surface area contributed by atoms with Crippen LogP contribution in [0.2, 0.25) is 0 Å². The van der Waals surface area contributed by atoms with Gasteiger partial charge in [0.25, 0.3) is 0 Å². The maximum absolute atomic E-state index is 13.3. The molecule has 0 aromatic heterocycles. The molecule has 0 saturated carbocycles. The number of ether oxygens (including phenoxy) is 1. The van der Waals surface area contributed by atoms with Gasteiger partial charge in [-0.15, -0.1) is 0 Å². The maximum atomic E-state index is 13.3. The van der Waals surface area contributed by atoms with Crippen molar-refractivity contribution in [1.82, 2.24) is 9.21 Å². The Bertz CT molecular complexity index is 1170. The van der Waals surface area contributed by atoms with Crippen LogP contribution in [0.5, 0.6) is 0 Å². The van der Waals surface area contributed by atoms with E-state index in [0.717, 1.165) is 31.4 Å². The van der Waals surface area contributed by atoms with Crippen molar-refractivity contribution in [2.75, 3.05) is 20.1 Å². The van der Waals surface area contributed by atoms with Crippen molar-refractivity contribution in [2.24, 2.45) is 5.92 Å². The lowest BCUT2D eigenvalue weighted by molar-refractivity contribution is -0.156. The smallest absolute Gasteiger partial charge is 0.306 e. The molecule has 2 fully saturated rings. The van der Waals surface area contributed by atoms with Crippen LogP contribution in [0, 0.1) is 5.92 Å². The summed E-state index contributed by atoms with van der Waals surface area (Å²) >= 11 is 0. The van der Waals surface area contributed by atoms with E-state index in [4.69, 9.17) is 4.74 Å². The summed E-state index contributed by atoms with van der Waals surface area (Å²) in [5.74, 6) is 0.288. The van der Waals surface area contributed by atoms with Crippen LogP contribution in [0.1, 0.15) is 71.8 Å². The van der Waals surface area contributed by atoms with Crippen molar-refractivity contribution in [3.05, 3.63) is 66.2 Å². The van der Waals surface area contributed by atoms with Crippen molar-refractivity contribution in [3.63, 3.8) is 0 Å². The summed E-state index contributed by atoms with van der Waals surface area (Å²) in [4.78, 5) is 15.4. The van der Waals surface area contributed by atoms with Gasteiger partial charge in [0.2, 0.25) is 10.0 Å². The fourth-order valence-corrected chi connectivity index (χ4v) is 7.73. The number of benzene rings is 2. The molecule has 2 aliphatic rings. The summed E-state index contributed by atoms with van der Waals surface area (Å²) < 4.78 is 33.8. The van der Waals surface area contributed by atoms with Gasteiger partial charge < -0.3 is 4.74 Å². The first kappa shape index (κ1) is 28.8. The molecule has 0 radical (unpaired) electrons. The molecule has 0 aliphatic carbocycles. The van der Waals surface area contributed by atoms with Crippen LogP contribution in [0.15, 0.2) is 65.6 Å². The first-order chi connectivity index (χ1) is 17.9. The largest absolute Gasteiger partial charge is 0.460 e. The number of piperidine rings is 1. The molecule has 208 valence electrons. The summed E-state index contributed by atoms with van der Waals surface area (Å²) in [7, 11) is -1.90. The highest BCUT2D eigenvalue weighted by Crippen LogP contribution is 2.41. The fourth-order valence-electron chi connectivity index (χ4n) is 6.42. The minimum Gasteiger partial charge on any atom is -0.460 e. The Kier molecular flexibility index (Phi) is 8.70. The zero-order valence-corrected chi connectivity index (χ0v) is 24.4. The second kappa shape index (κ2) is 11.5. The topological polar surface area (TPSA) is 66.9 Å². The molecular weight excluding hydrogens is 496 g/mol. The number of carbonyl (C=O) groups excluding carboxylic acids is 1. The van der Waals surface area contributed by atoms with Crippen LogP contribution in [-0.4, -0.2) is 61.4 Å². The van der Waals surface area contributed by atoms with Crippen molar-refractivity contribution < 1.29 is 17.9 Å². The molecule has 2 unspecified atom stereocenters. The molecule has 6 nitrogen and oxygen atoms in total. The molecule has 2 aliphatic heterocycles. The number of sulfonamides is 1. The van der Waals surface area contributed by atoms with Crippen LogP contribution >= 0.6 is 0 Å². The van der Waals surface area contributed by atoms with E-state index in [9.17, 15) is 13.2 Å². The predicted octanol–water partition coefficient (Wildman–Crippen LogP) is 5.63. The Morgan fingerprint density at radius 1 is 0.947 bits per heavy atom. The molecule has 2 aromatic rings.